The molecule has 11 heteroatoms. The van der Waals surface area contributed by atoms with Crippen molar-refractivity contribution in [1.29, 1.82) is 0 Å². The van der Waals surface area contributed by atoms with Crippen molar-refractivity contribution in [2.24, 2.45) is 14.1 Å². The summed E-state index contributed by atoms with van der Waals surface area (Å²) in [7, 11) is 2.96. The molecule has 4 aromatic rings. The smallest absolute Gasteiger partial charge is 0.262 e. The lowest BCUT2D eigenvalue weighted by Crippen LogP contribution is -2.20. The van der Waals surface area contributed by atoms with E-state index in [-0.39, 0.29) is 39.5 Å². The van der Waals surface area contributed by atoms with Gasteiger partial charge in [-0.1, -0.05) is 0 Å². The van der Waals surface area contributed by atoms with Gasteiger partial charge in [0.1, 0.15) is 17.5 Å². The Hall–Kier alpha value is -4.28. The lowest BCUT2D eigenvalue weighted by atomic mass is 10.2. The van der Waals surface area contributed by atoms with Gasteiger partial charge in [0.25, 0.3) is 11.5 Å². The Bertz CT molecular complexity index is 1500. The lowest BCUT2D eigenvalue weighted by molar-refractivity contribution is 0.0963. The van der Waals surface area contributed by atoms with E-state index >= 15 is 0 Å². The van der Waals surface area contributed by atoms with E-state index < -0.39 is 30.1 Å². The normalized spacial score (nSPS) is 12.7. The van der Waals surface area contributed by atoms with E-state index in [9.17, 15) is 18.4 Å². The maximum absolute atomic E-state index is 14.6. The zero-order valence-corrected chi connectivity index (χ0v) is 16.9. The first kappa shape index (κ1) is 17.4. The average molecular weight is 442 g/mol. The zero-order valence-electron chi connectivity index (χ0n) is 19.9. The molecule has 0 aliphatic heterocycles. The molecule has 9 nitrogen and oxygen atoms in total. The van der Waals surface area contributed by atoms with Crippen molar-refractivity contribution in [3.63, 3.8) is 0 Å². The van der Waals surface area contributed by atoms with E-state index in [1.165, 1.54) is 36.0 Å². The van der Waals surface area contributed by atoms with Crippen LogP contribution in [0.25, 0.3) is 10.9 Å². The number of hydrogen-bond donors (Lipinski definition) is 3. The summed E-state index contributed by atoms with van der Waals surface area (Å²) in [6, 6.07) is 3.94. The third kappa shape index (κ3) is 3.75. The molecule has 4 aromatic heterocycles. The van der Waals surface area contributed by atoms with E-state index in [4.69, 9.17) is 4.11 Å². The molecule has 164 valence electrons. The fourth-order valence-electron chi connectivity index (χ4n) is 3.29. The van der Waals surface area contributed by atoms with Crippen molar-refractivity contribution in [3.8, 4) is 0 Å². The van der Waals surface area contributed by atoms with E-state index in [0.717, 1.165) is 23.2 Å². The third-order valence-corrected chi connectivity index (χ3v) is 4.76. The highest BCUT2D eigenvalue weighted by molar-refractivity contribution is 6.02. The van der Waals surface area contributed by atoms with Gasteiger partial charge in [-0.2, -0.15) is 0 Å². The van der Waals surface area contributed by atoms with Crippen LogP contribution in [0, 0.1) is 11.6 Å². The molecule has 1 amide bonds. The molecule has 0 aliphatic carbocycles. The largest absolute Gasteiger partial charge is 0.355 e. The van der Waals surface area contributed by atoms with Crippen molar-refractivity contribution in [3.05, 3.63) is 70.5 Å². The fraction of sp³-hybridized carbons (Fsp3) is 0.143. The number of carbonyl (C=O) groups excluding carboxylic acids is 1. The number of nitrogens with one attached hydrogen (secondary N) is 3. The van der Waals surface area contributed by atoms with Crippen LogP contribution in [0.2, 0.25) is 0 Å². The molecule has 0 aromatic carbocycles. The molecule has 0 saturated carbocycles. The molecule has 0 fully saturated rings. The lowest BCUT2D eigenvalue weighted by Gasteiger charge is -2.13. The molecular weight excluding hydrogens is 420 g/mol. The molecule has 0 spiro atoms. The van der Waals surface area contributed by atoms with Gasteiger partial charge in [0, 0.05) is 49.8 Å². The molecule has 0 radical (unpaired) electrons. The number of fused-ring (bicyclic) bond motifs is 1. The topological polar surface area (TPSA) is 106 Å². The average Bonchev–Trinajstić information content (AvgIpc) is 3.09. The number of halogens is 2. The van der Waals surface area contributed by atoms with Gasteiger partial charge in [-0.25, -0.2) is 18.7 Å². The van der Waals surface area contributed by atoms with Crippen molar-refractivity contribution in [1.82, 2.24) is 24.4 Å². The summed E-state index contributed by atoms with van der Waals surface area (Å²) in [4.78, 5) is 33.4. The Kier molecular flexibility index (Phi) is 4.40. The number of pyridine rings is 3. The number of carbonyl (C=O) groups is 1. The van der Waals surface area contributed by atoms with Crippen LogP contribution in [0.15, 0.2) is 47.8 Å². The second kappa shape index (κ2) is 8.10. The highest BCUT2D eigenvalue weighted by Crippen LogP contribution is 2.30. The number of anilines is 4. The van der Waals surface area contributed by atoms with Gasteiger partial charge in [-0.3, -0.25) is 9.59 Å². The van der Waals surface area contributed by atoms with Gasteiger partial charge < -0.3 is 25.1 Å². The summed E-state index contributed by atoms with van der Waals surface area (Å²) in [6.07, 6.45) is 4.66. The number of amides is 1. The summed E-state index contributed by atoms with van der Waals surface area (Å²) >= 11 is 0. The third-order valence-electron chi connectivity index (χ3n) is 4.76. The molecule has 0 atom stereocenters. The second-order valence-corrected chi connectivity index (χ2v) is 6.95. The standard InChI is InChI=1S/C21H19F2N7O2/c1-24-20(31)12-8-26-17(28-16-5-4-11(22)7-25-16)6-14(12)27-15-10-29(2)19-13(23)9-30(3)21(32)18(15)19/h4-10H,1-3H3,(H,24,31)(H2,25,26,27,28)/i1D3. The summed E-state index contributed by atoms with van der Waals surface area (Å²) in [5, 5.41) is 7.68. The number of aromatic nitrogens is 4. The second-order valence-electron chi connectivity index (χ2n) is 6.95. The predicted octanol–water partition coefficient (Wildman–Crippen LogP) is 2.79. The molecule has 4 heterocycles. The first-order chi connectivity index (χ1) is 16.4. The number of nitrogens with zero attached hydrogens (tertiary/aromatic N) is 4. The molecule has 0 aliphatic rings. The predicted molar refractivity (Wildman–Crippen MR) is 117 cm³/mol. The van der Waals surface area contributed by atoms with Gasteiger partial charge in [0.2, 0.25) is 0 Å². The molecule has 0 saturated heterocycles. The van der Waals surface area contributed by atoms with Crippen molar-refractivity contribution in [2.75, 3.05) is 17.6 Å². The van der Waals surface area contributed by atoms with E-state index in [0.29, 0.717) is 0 Å². The molecule has 0 unspecified atom stereocenters. The van der Waals surface area contributed by atoms with Crippen LogP contribution in [0.3, 0.4) is 0 Å². The first-order valence-electron chi connectivity index (χ1n) is 10.8. The molecule has 4 rings (SSSR count). The van der Waals surface area contributed by atoms with Crippen LogP contribution in [0.4, 0.5) is 31.8 Å². The summed E-state index contributed by atoms with van der Waals surface area (Å²) in [6.45, 7) is -2.76. The van der Waals surface area contributed by atoms with Crippen LogP contribution >= 0.6 is 0 Å². The van der Waals surface area contributed by atoms with E-state index in [1.54, 1.807) is 7.05 Å². The number of hydrogen-bond acceptors (Lipinski definition) is 6. The minimum atomic E-state index is -2.76. The fourth-order valence-corrected chi connectivity index (χ4v) is 3.29. The van der Waals surface area contributed by atoms with Crippen LogP contribution in [-0.2, 0) is 14.1 Å². The van der Waals surface area contributed by atoms with Gasteiger partial charge in [-0.05, 0) is 12.1 Å². The monoisotopic (exact) mass is 442 g/mol. The highest BCUT2D eigenvalue weighted by Gasteiger charge is 2.19. The van der Waals surface area contributed by atoms with Crippen molar-refractivity contribution in [2.45, 2.75) is 0 Å². The summed E-state index contributed by atoms with van der Waals surface area (Å²) in [5.41, 5.74) is -0.329. The van der Waals surface area contributed by atoms with Crippen molar-refractivity contribution >= 4 is 39.8 Å². The van der Waals surface area contributed by atoms with Crippen LogP contribution < -0.4 is 21.5 Å². The number of aryl methyl sites for hydroxylation is 2. The highest BCUT2D eigenvalue weighted by atomic mass is 19.1. The van der Waals surface area contributed by atoms with Crippen LogP contribution in [0.5, 0.6) is 0 Å². The molecule has 0 bridgehead atoms. The molecular formula is C21H19F2N7O2. The zero-order chi connectivity index (χ0) is 25.5. The van der Waals surface area contributed by atoms with E-state index in [2.05, 4.69) is 20.6 Å². The summed E-state index contributed by atoms with van der Waals surface area (Å²) < 4.78 is 52.2. The summed E-state index contributed by atoms with van der Waals surface area (Å²) in [5.74, 6) is -1.68. The minimum absolute atomic E-state index is 0.0312. The number of rotatable bonds is 5. The van der Waals surface area contributed by atoms with Crippen LogP contribution in [0.1, 0.15) is 14.5 Å². The quantitative estimate of drug-likeness (QED) is 0.439. The van der Waals surface area contributed by atoms with Gasteiger partial charge in [0.15, 0.2) is 5.82 Å². The van der Waals surface area contributed by atoms with Crippen molar-refractivity contribution < 1.29 is 17.7 Å². The maximum Gasteiger partial charge on any atom is 0.262 e. The van der Waals surface area contributed by atoms with Gasteiger partial charge in [0.05, 0.1) is 34.0 Å². The molecule has 32 heavy (non-hydrogen) atoms. The minimum Gasteiger partial charge on any atom is -0.355 e. The Morgan fingerprint density at radius 3 is 2.53 bits per heavy atom. The Morgan fingerprint density at radius 1 is 1.03 bits per heavy atom. The molecule has 3 N–H and O–H groups in total. The van der Waals surface area contributed by atoms with Gasteiger partial charge in [-0.15, -0.1) is 0 Å². The SMILES string of the molecule is [2H]C([2H])([2H])NC(=O)c1cnc(Nc2ccc(F)cn2)cc1Nc1cn(C)c2c(F)cn(C)c(=O)c12. The van der Waals surface area contributed by atoms with Gasteiger partial charge >= 0.3 is 0 Å². The van der Waals surface area contributed by atoms with E-state index in [1.807, 2.05) is 5.32 Å². The first-order valence-corrected chi connectivity index (χ1v) is 9.25. The maximum atomic E-state index is 14.6. The Balaban J connectivity index is 1.81. The Morgan fingerprint density at radius 2 is 1.81 bits per heavy atom. The van der Waals surface area contributed by atoms with Crippen LogP contribution in [-0.4, -0.2) is 32.0 Å². The Labute approximate surface area is 184 Å².